The molecule has 100 valence electrons. The Bertz CT molecular complexity index is 471. The highest BCUT2D eigenvalue weighted by Gasteiger charge is 2.41. The Hall–Kier alpha value is -1.13. The third kappa shape index (κ3) is 2.82. The molecule has 0 bridgehead atoms. The van der Waals surface area contributed by atoms with Crippen LogP contribution in [0.3, 0.4) is 0 Å². The van der Waals surface area contributed by atoms with E-state index in [0.717, 1.165) is 0 Å². The van der Waals surface area contributed by atoms with Crippen molar-refractivity contribution < 1.29 is 14.3 Å². The van der Waals surface area contributed by atoms with Crippen molar-refractivity contribution in [2.24, 2.45) is 5.73 Å². The van der Waals surface area contributed by atoms with Gasteiger partial charge in [0, 0.05) is 11.0 Å². The molecule has 0 amide bonds. The summed E-state index contributed by atoms with van der Waals surface area (Å²) in [7, 11) is 0. The number of hydrogen-bond acceptors (Lipinski definition) is 2. The molecule has 1 aromatic rings. The molecule has 0 aliphatic carbocycles. The molecule has 0 saturated heterocycles. The lowest BCUT2D eigenvalue weighted by atomic mass is 9.66. The summed E-state index contributed by atoms with van der Waals surface area (Å²) in [5, 5.41) is 9.00. The van der Waals surface area contributed by atoms with Crippen molar-refractivity contribution in [3.8, 4) is 0 Å². The van der Waals surface area contributed by atoms with Gasteiger partial charge in [0.2, 0.25) is 0 Å². The Morgan fingerprint density at radius 2 is 2.00 bits per heavy atom. The van der Waals surface area contributed by atoms with Gasteiger partial charge in [0.05, 0.1) is 11.4 Å². The lowest BCUT2D eigenvalue weighted by Gasteiger charge is -2.41. The van der Waals surface area contributed by atoms with Crippen LogP contribution in [0.15, 0.2) is 18.2 Å². The van der Waals surface area contributed by atoms with Gasteiger partial charge in [-0.3, -0.25) is 4.79 Å². The average Bonchev–Trinajstić information content (AvgIpc) is 2.19. The van der Waals surface area contributed by atoms with E-state index in [4.69, 9.17) is 22.4 Å². The molecular weight excluding hydrogens is 257 g/mol. The predicted octanol–water partition coefficient (Wildman–Crippen LogP) is 2.95. The fraction of sp³-hybridized carbons (Fsp3) is 0.462. The number of aliphatic carboxylic acids is 1. The molecule has 0 fully saturated rings. The maximum Gasteiger partial charge on any atom is 0.304 e. The zero-order valence-corrected chi connectivity index (χ0v) is 11.4. The third-order valence-electron chi connectivity index (χ3n) is 3.48. The Balaban J connectivity index is 3.34. The maximum atomic E-state index is 13.2. The van der Waals surface area contributed by atoms with Crippen molar-refractivity contribution in [1.82, 2.24) is 0 Å². The molecule has 0 aliphatic heterocycles. The molecule has 0 aliphatic rings. The van der Waals surface area contributed by atoms with E-state index in [1.807, 2.05) is 0 Å². The van der Waals surface area contributed by atoms with Crippen LogP contribution in [0.2, 0.25) is 5.02 Å². The van der Waals surface area contributed by atoms with Crippen molar-refractivity contribution >= 4 is 17.6 Å². The molecule has 0 aromatic heterocycles. The van der Waals surface area contributed by atoms with Crippen LogP contribution in [-0.4, -0.2) is 16.6 Å². The minimum Gasteiger partial charge on any atom is -0.481 e. The second-order valence-corrected chi connectivity index (χ2v) is 5.66. The van der Waals surface area contributed by atoms with Gasteiger partial charge in [-0.05, 0) is 31.5 Å². The number of nitrogens with two attached hydrogens (primary N) is 1. The highest BCUT2D eigenvalue weighted by molar-refractivity contribution is 6.30. The summed E-state index contributed by atoms with van der Waals surface area (Å²) in [6.07, 6.45) is -0.154. The van der Waals surface area contributed by atoms with E-state index in [2.05, 4.69) is 0 Å². The monoisotopic (exact) mass is 273 g/mol. The number of benzene rings is 1. The van der Waals surface area contributed by atoms with Crippen LogP contribution in [0.5, 0.6) is 0 Å². The summed E-state index contributed by atoms with van der Waals surface area (Å²) in [6, 6.07) is 4.19. The summed E-state index contributed by atoms with van der Waals surface area (Å²) in [6.45, 7) is 5.23. The average molecular weight is 274 g/mol. The van der Waals surface area contributed by atoms with Crippen LogP contribution in [0.1, 0.15) is 32.8 Å². The van der Waals surface area contributed by atoms with Crippen molar-refractivity contribution in [2.75, 3.05) is 0 Å². The summed E-state index contributed by atoms with van der Waals surface area (Å²) in [4.78, 5) is 11.0. The van der Waals surface area contributed by atoms with E-state index in [-0.39, 0.29) is 11.4 Å². The third-order valence-corrected chi connectivity index (χ3v) is 3.77. The molecule has 1 unspecified atom stereocenters. The Morgan fingerprint density at radius 1 is 1.44 bits per heavy atom. The SMILES string of the molecule is CC(C)(N)C(C)(CC(=O)O)c1ccc(F)c(Cl)c1. The Labute approximate surface area is 111 Å². The fourth-order valence-electron chi connectivity index (χ4n) is 1.84. The quantitative estimate of drug-likeness (QED) is 0.886. The lowest BCUT2D eigenvalue weighted by Crippen LogP contribution is -2.53. The molecule has 0 saturated carbocycles. The van der Waals surface area contributed by atoms with E-state index < -0.39 is 22.7 Å². The van der Waals surface area contributed by atoms with Gasteiger partial charge >= 0.3 is 5.97 Å². The first kappa shape index (κ1) is 14.9. The zero-order chi connectivity index (χ0) is 14.1. The zero-order valence-electron chi connectivity index (χ0n) is 10.6. The number of rotatable bonds is 4. The predicted molar refractivity (Wildman–Crippen MR) is 69.3 cm³/mol. The van der Waals surface area contributed by atoms with E-state index in [1.54, 1.807) is 20.8 Å². The first-order valence-corrected chi connectivity index (χ1v) is 5.92. The van der Waals surface area contributed by atoms with Gasteiger partial charge in [0.15, 0.2) is 0 Å². The van der Waals surface area contributed by atoms with Crippen molar-refractivity contribution in [3.05, 3.63) is 34.6 Å². The van der Waals surface area contributed by atoms with Crippen LogP contribution in [-0.2, 0) is 10.2 Å². The van der Waals surface area contributed by atoms with E-state index in [9.17, 15) is 9.18 Å². The highest BCUT2D eigenvalue weighted by atomic mass is 35.5. The molecule has 3 nitrogen and oxygen atoms in total. The molecule has 0 heterocycles. The van der Waals surface area contributed by atoms with Gasteiger partial charge in [0.1, 0.15) is 5.82 Å². The van der Waals surface area contributed by atoms with E-state index in [0.29, 0.717) is 5.56 Å². The van der Waals surface area contributed by atoms with Gasteiger partial charge < -0.3 is 10.8 Å². The van der Waals surface area contributed by atoms with Gasteiger partial charge in [-0.15, -0.1) is 0 Å². The minimum absolute atomic E-state index is 0.0339. The van der Waals surface area contributed by atoms with Crippen LogP contribution >= 0.6 is 11.6 Å². The number of halogens is 2. The lowest BCUT2D eigenvalue weighted by molar-refractivity contribution is -0.139. The van der Waals surface area contributed by atoms with Gasteiger partial charge in [0.25, 0.3) is 0 Å². The Kier molecular flexibility index (Phi) is 4.03. The van der Waals surface area contributed by atoms with Crippen LogP contribution in [0.4, 0.5) is 4.39 Å². The van der Waals surface area contributed by atoms with Gasteiger partial charge in [-0.25, -0.2) is 4.39 Å². The summed E-state index contributed by atoms with van der Waals surface area (Å²) in [5.74, 6) is -1.50. The number of hydrogen-bond donors (Lipinski definition) is 2. The topological polar surface area (TPSA) is 63.3 Å². The Morgan fingerprint density at radius 3 is 2.39 bits per heavy atom. The molecule has 0 radical (unpaired) electrons. The second-order valence-electron chi connectivity index (χ2n) is 5.25. The van der Waals surface area contributed by atoms with Crippen molar-refractivity contribution in [2.45, 2.75) is 38.1 Å². The first-order chi connectivity index (χ1) is 8.08. The van der Waals surface area contributed by atoms with Crippen molar-refractivity contribution in [1.29, 1.82) is 0 Å². The van der Waals surface area contributed by atoms with Crippen LogP contribution in [0.25, 0.3) is 0 Å². The van der Waals surface area contributed by atoms with E-state index in [1.165, 1.54) is 18.2 Å². The van der Waals surface area contributed by atoms with Crippen LogP contribution < -0.4 is 5.73 Å². The molecule has 1 atom stereocenters. The molecule has 1 aromatic carbocycles. The second kappa shape index (κ2) is 4.86. The molecule has 0 spiro atoms. The van der Waals surface area contributed by atoms with E-state index >= 15 is 0 Å². The smallest absolute Gasteiger partial charge is 0.304 e. The molecular formula is C13H17ClFNO2. The molecule has 1 rings (SSSR count). The number of carboxylic acid groups (broad SMARTS) is 1. The van der Waals surface area contributed by atoms with Crippen LogP contribution in [0, 0.1) is 5.82 Å². The fourth-order valence-corrected chi connectivity index (χ4v) is 2.02. The minimum atomic E-state index is -0.962. The largest absolute Gasteiger partial charge is 0.481 e. The summed E-state index contributed by atoms with van der Waals surface area (Å²) >= 11 is 5.74. The van der Waals surface area contributed by atoms with Gasteiger partial charge in [-0.2, -0.15) is 0 Å². The summed E-state index contributed by atoms with van der Waals surface area (Å²) in [5.41, 5.74) is 5.07. The first-order valence-electron chi connectivity index (χ1n) is 5.54. The maximum absolute atomic E-state index is 13.2. The molecule has 5 heteroatoms. The standard InChI is InChI=1S/C13H17ClFNO2/c1-12(2,16)13(3,7-11(17)18)8-4-5-10(15)9(14)6-8/h4-6H,7,16H2,1-3H3,(H,17,18). The molecule has 18 heavy (non-hydrogen) atoms. The molecule has 3 N–H and O–H groups in total. The number of carboxylic acids is 1. The van der Waals surface area contributed by atoms with Gasteiger partial charge in [-0.1, -0.05) is 24.6 Å². The summed E-state index contributed by atoms with van der Waals surface area (Å²) < 4.78 is 13.2. The highest BCUT2D eigenvalue weighted by Crippen LogP contribution is 2.38. The van der Waals surface area contributed by atoms with Crippen molar-refractivity contribution in [3.63, 3.8) is 0 Å². The normalized spacial score (nSPS) is 15.2. The number of carbonyl (C=O) groups is 1.